The van der Waals surface area contributed by atoms with Gasteiger partial charge in [-0.05, 0) is 17.7 Å². The topological polar surface area (TPSA) is 78.0 Å². The van der Waals surface area contributed by atoms with E-state index in [1.807, 2.05) is 0 Å². The van der Waals surface area contributed by atoms with Crippen molar-refractivity contribution in [1.29, 1.82) is 0 Å². The molecule has 1 aliphatic rings. The van der Waals surface area contributed by atoms with E-state index >= 15 is 0 Å². The maximum absolute atomic E-state index is 12.2. The van der Waals surface area contributed by atoms with E-state index in [-0.39, 0.29) is 13.1 Å². The minimum absolute atomic E-state index is 0.0769. The van der Waals surface area contributed by atoms with Crippen LogP contribution in [0.4, 0.5) is 4.79 Å². The van der Waals surface area contributed by atoms with Gasteiger partial charge in [-0.1, -0.05) is 29.8 Å². The molecule has 7 nitrogen and oxygen atoms in total. The molecule has 0 aliphatic carbocycles. The van der Waals surface area contributed by atoms with Crippen LogP contribution in [0.1, 0.15) is 5.56 Å². The number of rotatable bonds is 6. The van der Waals surface area contributed by atoms with Crippen molar-refractivity contribution >= 4 is 35.4 Å². The van der Waals surface area contributed by atoms with Crippen LogP contribution in [-0.2, 0) is 20.9 Å². The lowest BCUT2D eigenvalue weighted by Crippen LogP contribution is -2.42. The van der Waals surface area contributed by atoms with E-state index in [1.165, 1.54) is 18.0 Å². The van der Waals surface area contributed by atoms with E-state index < -0.39 is 30.3 Å². The molecule has 1 heterocycles. The molecule has 1 aromatic carbocycles. The number of likely N-dealkylation sites (N-methyl/N-ethyl adjacent to an activating group) is 1. The molecule has 0 spiro atoms. The molecule has 2 rings (SSSR count). The molecule has 1 fully saturated rings. The fourth-order valence-corrected chi connectivity index (χ4v) is 2.45. The first kappa shape index (κ1) is 17.7. The largest absolute Gasteiger partial charge is 0.340 e. The zero-order valence-corrected chi connectivity index (χ0v) is 13.8. The average Bonchev–Trinajstić information content (AvgIpc) is 2.73. The highest BCUT2D eigenvalue weighted by molar-refractivity contribution is 6.45. The number of nitrogens with zero attached hydrogens (tertiary/aromatic N) is 3. The van der Waals surface area contributed by atoms with Crippen molar-refractivity contribution in [3.63, 3.8) is 0 Å². The van der Waals surface area contributed by atoms with Crippen LogP contribution in [0.5, 0.6) is 0 Å². The van der Waals surface area contributed by atoms with Gasteiger partial charge in [-0.25, -0.2) is 9.69 Å². The van der Waals surface area contributed by atoms with Gasteiger partial charge in [0.15, 0.2) is 0 Å². The monoisotopic (exact) mass is 349 g/mol. The number of carbonyl (C=O) groups is 4. The number of benzene rings is 1. The van der Waals surface area contributed by atoms with Crippen molar-refractivity contribution in [3.05, 3.63) is 47.5 Å². The zero-order valence-electron chi connectivity index (χ0n) is 13.1. The van der Waals surface area contributed by atoms with Crippen LogP contribution in [0.25, 0.3) is 0 Å². The summed E-state index contributed by atoms with van der Waals surface area (Å²) >= 11 is 5.89. The van der Waals surface area contributed by atoms with Gasteiger partial charge in [0, 0.05) is 25.2 Å². The number of hydrogen-bond donors (Lipinski definition) is 0. The highest BCUT2D eigenvalue weighted by Gasteiger charge is 2.44. The molecule has 1 saturated heterocycles. The number of urea groups is 1. The van der Waals surface area contributed by atoms with E-state index in [2.05, 4.69) is 6.58 Å². The molecule has 0 radical (unpaired) electrons. The highest BCUT2D eigenvalue weighted by Crippen LogP contribution is 2.14. The predicted octanol–water partition coefficient (Wildman–Crippen LogP) is 1.28. The molecular formula is C16H16ClN3O4. The average molecular weight is 350 g/mol. The number of hydrogen-bond acceptors (Lipinski definition) is 4. The molecule has 1 aliphatic heterocycles. The van der Waals surface area contributed by atoms with Crippen molar-refractivity contribution in [2.24, 2.45) is 0 Å². The maximum Gasteiger partial charge on any atom is 0.335 e. The maximum atomic E-state index is 12.2. The minimum Gasteiger partial charge on any atom is -0.340 e. The Morgan fingerprint density at radius 2 is 1.92 bits per heavy atom. The van der Waals surface area contributed by atoms with Crippen molar-refractivity contribution in [2.75, 3.05) is 20.1 Å². The van der Waals surface area contributed by atoms with Crippen molar-refractivity contribution < 1.29 is 19.2 Å². The number of amides is 5. The van der Waals surface area contributed by atoms with Crippen LogP contribution in [0, 0.1) is 0 Å². The highest BCUT2D eigenvalue weighted by atomic mass is 35.5. The smallest absolute Gasteiger partial charge is 0.335 e. The Morgan fingerprint density at radius 3 is 2.54 bits per heavy atom. The van der Waals surface area contributed by atoms with Crippen LogP contribution in [0.3, 0.4) is 0 Å². The number of carbonyl (C=O) groups excluding carboxylic acids is 4. The van der Waals surface area contributed by atoms with E-state index in [0.717, 1.165) is 10.5 Å². The second-order valence-corrected chi connectivity index (χ2v) is 5.69. The fourth-order valence-electron chi connectivity index (χ4n) is 2.23. The standard InChI is InChI=1S/C16H16ClN3O4/c1-3-7-19-14(22)15(23)20(16(19)24)10-13(21)18(2)9-11-5-4-6-12(17)8-11/h3-6,8H,1,7,9-10H2,2H3. The first-order valence-electron chi connectivity index (χ1n) is 7.11. The summed E-state index contributed by atoms with van der Waals surface area (Å²) in [6, 6.07) is 6.18. The molecule has 1 aromatic rings. The molecule has 126 valence electrons. The number of imide groups is 2. The first-order chi connectivity index (χ1) is 11.3. The molecule has 0 bridgehead atoms. The molecule has 0 atom stereocenters. The molecule has 24 heavy (non-hydrogen) atoms. The predicted molar refractivity (Wildman–Crippen MR) is 86.9 cm³/mol. The summed E-state index contributed by atoms with van der Waals surface area (Å²) in [5.74, 6) is -2.43. The van der Waals surface area contributed by atoms with Crippen LogP contribution in [-0.4, -0.2) is 58.6 Å². The Balaban J connectivity index is 2.03. The van der Waals surface area contributed by atoms with Crippen LogP contribution >= 0.6 is 11.6 Å². The molecule has 0 aromatic heterocycles. The Hall–Kier alpha value is -2.67. The zero-order chi connectivity index (χ0) is 17.9. The molecule has 0 unspecified atom stereocenters. The summed E-state index contributed by atoms with van der Waals surface area (Å²) in [5.41, 5.74) is 0.807. The minimum atomic E-state index is -1.01. The molecule has 0 saturated carbocycles. The summed E-state index contributed by atoms with van der Waals surface area (Å²) in [7, 11) is 1.54. The van der Waals surface area contributed by atoms with E-state index in [0.29, 0.717) is 9.92 Å². The van der Waals surface area contributed by atoms with Crippen LogP contribution in [0.2, 0.25) is 5.02 Å². The van der Waals surface area contributed by atoms with Gasteiger partial charge in [-0.15, -0.1) is 6.58 Å². The fraction of sp³-hybridized carbons (Fsp3) is 0.250. The van der Waals surface area contributed by atoms with E-state index in [4.69, 9.17) is 11.6 Å². The Kier molecular flexibility index (Phi) is 5.35. The Bertz CT molecular complexity index is 719. The van der Waals surface area contributed by atoms with Gasteiger partial charge in [0.2, 0.25) is 5.91 Å². The van der Waals surface area contributed by atoms with Crippen LogP contribution in [0.15, 0.2) is 36.9 Å². The lowest BCUT2D eigenvalue weighted by Gasteiger charge is -2.20. The van der Waals surface area contributed by atoms with Gasteiger partial charge in [-0.2, -0.15) is 0 Å². The molecule has 5 amide bonds. The summed E-state index contributed by atoms with van der Waals surface area (Å²) in [6.45, 7) is 3.12. The second kappa shape index (κ2) is 7.27. The Morgan fingerprint density at radius 1 is 1.25 bits per heavy atom. The van der Waals surface area contributed by atoms with Crippen molar-refractivity contribution in [2.45, 2.75) is 6.54 Å². The molecule has 0 N–H and O–H groups in total. The third kappa shape index (κ3) is 3.62. The Labute approximate surface area is 144 Å². The SMILES string of the molecule is C=CCN1C(=O)C(=O)N(CC(=O)N(C)Cc2cccc(Cl)c2)C1=O. The van der Waals surface area contributed by atoms with Gasteiger partial charge < -0.3 is 4.90 Å². The normalized spacial score (nSPS) is 14.3. The van der Waals surface area contributed by atoms with Gasteiger partial charge in [0.25, 0.3) is 0 Å². The summed E-state index contributed by atoms with van der Waals surface area (Å²) in [5, 5.41) is 0.545. The molecule has 8 heteroatoms. The lowest BCUT2D eigenvalue weighted by atomic mass is 10.2. The van der Waals surface area contributed by atoms with Gasteiger partial charge in [0.1, 0.15) is 6.54 Å². The molecular weight excluding hydrogens is 334 g/mol. The summed E-state index contributed by atoms with van der Waals surface area (Å²) in [4.78, 5) is 50.6. The summed E-state index contributed by atoms with van der Waals surface area (Å²) in [6.07, 6.45) is 1.33. The van der Waals surface area contributed by atoms with E-state index in [1.54, 1.807) is 24.3 Å². The summed E-state index contributed by atoms with van der Waals surface area (Å²) < 4.78 is 0. The third-order valence-electron chi connectivity index (χ3n) is 3.47. The van der Waals surface area contributed by atoms with Gasteiger partial charge >= 0.3 is 17.8 Å². The lowest BCUT2D eigenvalue weighted by molar-refractivity contribution is -0.144. The number of halogens is 1. The third-order valence-corrected chi connectivity index (χ3v) is 3.71. The van der Waals surface area contributed by atoms with Crippen LogP contribution < -0.4 is 0 Å². The van der Waals surface area contributed by atoms with Gasteiger partial charge in [0.05, 0.1) is 0 Å². The van der Waals surface area contributed by atoms with Crippen molar-refractivity contribution in [1.82, 2.24) is 14.7 Å². The van der Waals surface area contributed by atoms with Crippen molar-refractivity contribution in [3.8, 4) is 0 Å². The van der Waals surface area contributed by atoms with E-state index in [9.17, 15) is 19.2 Å². The second-order valence-electron chi connectivity index (χ2n) is 5.26. The quantitative estimate of drug-likeness (QED) is 0.440. The van der Waals surface area contributed by atoms with Gasteiger partial charge in [-0.3, -0.25) is 19.3 Å². The first-order valence-corrected chi connectivity index (χ1v) is 7.49.